The molecule has 0 atom stereocenters. The third-order valence-electron chi connectivity index (χ3n) is 4.88. The molecule has 0 N–H and O–H groups in total. The minimum absolute atomic E-state index is 0.200. The normalized spacial score (nSPS) is 12.5. The molecule has 142 valence electrons. The van der Waals surface area contributed by atoms with Gasteiger partial charge in [-0.05, 0) is 60.6 Å². The maximum atomic E-state index is 12.2. The van der Waals surface area contributed by atoms with Gasteiger partial charge in [0.05, 0.1) is 5.75 Å². The van der Waals surface area contributed by atoms with Gasteiger partial charge in [0.1, 0.15) is 0 Å². The Labute approximate surface area is 164 Å². The maximum absolute atomic E-state index is 12.2. The highest BCUT2D eigenvalue weighted by Crippen LogP contribution is 2.27. The van der Waals surface area contributed by atoms with Crippen molar-refractivity contribution in [2.24, 2.45) is 0 Å². The average molecular weight is 384 g/mol. The summed E-state index contributed by atoms with van der Waals surface area (Å²) in [6.45, 7) is 2.31. The van der Waals surface area contributed by atoms with Gasteiger partial charge in [-0.15, -0.1) is 11.8 Å². The number of carbonyl (C=O) groups is 2. The van der Waals surface area contributed by atoms with Gasteiger partial charge >= 0.3 is 5.97 Å². The largest absolute Gasteiger partial charge is 0.455 e. The standard InChI is InChI=1S/C22H25NO3S/c1-16-6-3-4-7-19(16)13-23(2)21(24)14-26-22(25)15-27-20-11-10-17-8-5-9-18(17)12-20/h3-4,6-7,10-12H,5,8-9,13-15H2,1-2H3. The van der Waals surface area contributed by atoms with Gasteiger partial charge in [0.2, 0.25) is 0 Å². The van der Waals surface area contributed by atoms with Crippen LogP contribution in [0.1, 0.15) is 28.7 Å². The zero-order valence-corrected chi connectivity index (χ0v) is 16.7. The molecule has 1 aliphatic carbocycles. The first-order valence-corrected chi connectivity index (χ1v) is 10.2. The number of thioether (sulfide) groups is 1. The minimum atomic E-state index is -0.363. The van der Waals surface area contributed by atoms with Crippen LogP contribution >= 0.6 is 11.8 Å². The lowest BCUT2D eigenvalue weighted by Crippen LogP contribution is -2.31. The highest BCUT2D eigenvalue weighted by atomic mass is 32.2. The number of fused-ring (bicyclic) bond motifs is 1. The summed E-state index contributed by atoms with van der Waals surface area (Å²) >= 11 is 1.46. The maximum Gasteiger partial charge on any atom is 0.316 e. The summed E-state index contributed by atoms with van der Waals surface area (Å²) in [4.78, 5) is 26.8. The molecule has 3 rings (SSSR count). The van der Waals surface area contributed by atoms with Gasteiger partial charge in [0.15, 0.2) is 6.61 Å². The number of ether oxygens (including phenoxy) is 1. The lowest BCUT2D eigenvalue weighted by Gasteiger charge is -2.18. The summed E-state index contributed by atoms with van der Waals surface area (Å²) in [6.07, 6.45) is 3.49. The molecule has 0 heterocycles. The number of likely N-dealkylation sites (N-methyl/N-ethyl adjacent to an activating group) is 1. The lowest BCUT2D eigenvalue weighted by atomic mass is 10.1. The Kier molecular flexibility index (Phi) is 6.56. The zero-order valence-electron chi connectivity index (χ0n) is 15.9. The third kappa shape index (κ3) is 5.36. The number of aryl methyl sites for hydroxylation is 3. The van der Waals surface area contributed by atoms with Crippen LogP contribution in [0.2, 0.25) is 0 Å². The Morgan fingerprint density at radius 3 is 2.70 bits per heavy atom. The number of rotatable bonds is 7. The molecular weight excluding hydrogens is 358 g/mol. The van der Waals surface area contributed by atoms with E-state index in [2.05, 4.69) is 18.2 Å². The van der Waals surface area contributed by atoms with E-state index in [1.54, 1.807) is 11.9 Å². The van der Waals surface area contributed by atoms with E-state index in [0.29, 0.717) is 6.54 Å². The average Bonchev–Trinajstić information content (AvgIpc) is 3.14. The molecule has 2 aromatic rings. The van der Waals surface area contributed by atoms with E-state index in [1.165, 1.54) is 29.3 Å². The van der Waals surface area contributed by atoms with Crippen molar-refractivity contribution in [1.29, 1.82) is 0 Å². The number of nitrogens with zero attached hydrogens (tertiary/aromatic N) is 1. The Balaban J connectivity index is 1.42. The van der Waals surface area contributed by atoms with Gasteiger partial charge in [-0.25, -0.2) is 0 Å². The van der Waals surface area contributed by atoms with Gasteiger partial charge in [-0.1, -0.05) is 30.3 Å². The highest BCUT2D eigenvalue weighted by molar-refractivity contribution is 8.00. The summed E-state index contributed by atoms with van der Waals surface area (Å²) < 4.78 is 5.16. The fraction of sp³-hybridized carbons (Fsp3) is 0.364. The van der Waals surface area contributed by atoms with Crippen LogP contribution in [0.25, 0.3) is 0 Å². The number of amides is 1. The molecule has 0 saturated carbocycles. The van der Waals surface area contributed by atoms with Gasteiger partial charge in [-0.3, -0.25) is 9.59 Å². The van der Waals surface area contributed by atoms with E-state index >= 15 is 0 Å². The summed E-state index contributed by atoms with van der Waals surface area (Å²) in [5.74, 6) is -0.347. The van der Waals surface area contributed by atoms with E-state index in [-0.39, 0.29) is 24.2 Å². The first kappa shape index (κ1) is 19.5. The van der Waals surface area contributed by atoms with Crippen LogP contribution in [-0.2, 0) is 33.7 Å². The Bertz CT molecular complexity index is 834. The predicted molar refractivity (Wildman–Crippen MR) is 108 cm³/mol. The molecule has 27 heavy (non-hydrogen) atoms. The van der Waals surface area contributed by atoms with Crippen LogP contribution in [0.15, 0.2) is 47.4 Å². The van der Waals surface area contributed by atoms with Gasteiger partial charge in [0, 0.05) is 18.5 Å². The molecule has 0 fully saturated rings. The summed E-state index contributed by atoms with van der Waals surface area (Å²) in [5, 5.41) is 0. The molecule has 0 radical (unpaired) electrons. The van der Waals surface area contributed by atoms with Crippen molar-refractivity contribution in [2.45, 2.75) is 37.6 Å². The van der Waals surface area contributed by atoms with Gasteiger partial charge in [-0.2, -0.15) is 0 Å². The fourth-order valence-electron chi connectivity index (χ4n) is 3.21. The topological polar surface area (TPSA) is 46.6 Å². The van der Waals surface area contributed by atoms with Crippen LogP contribution in [0.3, 0.4) is 0 Å². The lowest BCUT2D eigenvalue weighted by molar-refractivity contribution is -0.149. The van der Waals surface area contributed by atoms with Crippen molar-refractivity contribution < 1.29 is 14.3 Å². The molecule has 1 amide bonds. The first-order valence-electron chi connectivity index (χ1n) is 9.21. The second-order valence-corrected chi connectivity index (χ2v) is 7.96. The van der Waals surface area contributed by atoms with Crippen molar-refractivity contribution in [2.75, 3.05) is 19.4 Å². The van der Waals surface area contributed by atoms with Gasteiger partial charge < -0.3 is 9.64 Å². The van der Waals surface area contributed by atoms with E-state index in [4.69, 9.17) is 4.74 Å². The fourth-order valence-corrected chi connectivity index (χ4v) is 3.96. The van der Waals surface area contributed by atoms with Crippen molar-refractivity contribution in [3.63, 3.8) is 0 Å². The van der Waals surface area contributed by atoms with Crippen LogP contribution in [0, 0.1) is 6.92 Å². The summed E-state index contributed by atoms with van der Waals surface area (Å²) in [5.41, 5.74) is 5.04. The van der Waals surface area contributed by atoms with E-state index in [9.17, 15) is 9.59 Å². The number of hydrogen-bond donors (Lipinski definition) is 0. The highest BCUT2D eigenvalue weighted by Gasteiger charge is 2.15. The quantitative estimate of drug-likeness (QED) is 0.539. The third-order valence-corrected chi connectivity index (χ3v) is 5.85. The van der Waals surface area contributed by atoms with Crippen molar-refractivity contribution >= 4 is 23.6 Å². The molecule has 0 aromatic heterocycles. The Morgan fingerprint density at radius 2 is 1.89 bits per heavy atom. The van der Waals surface area contributed by atoms with E-state index < -0.39 is 0 Å². The number of hydrogen-bond acceptors (Lipinski definition) is 4. The Hall–Kier alpha value is -2.27. The van der Waals surface area contributed by atoms with Gasteiger partial charge in [0.25, 0.3) is 5.91 Å². The molecule has 2 aromatic carbocycles. The molecule has 4 nitrogen and oxygen atoms in total. The molecule has 0 aliphatic heterocycles. The van der Waals surface area contributed by atoms with Crippen LogP contribution in [0.5, 0.6) is 0 Å². The van der Waals surface area contributed by atoms with Crippen LogP contribution in [0.4, 0.5) is 0 Å². The Morgan fingerprint density at radius 1 is 1.11 bits per heavy atom. The molecule has 0 bridgehead atoms. The molecule has 1 aliphatic rings. The smallest absolute Gasteiger partial charge is 0.316 e. The molecule has 0 unspecified atom stereocenters. The van der Waals surface area contributed by atoms with Crippen LogP contribution < -0.4 is 0 Å². The number of benzene rings is 2. The molecular formula is C22H25NO3S. The minimum Gasteiger partial charge on any atom is -0.455 e. The SMILES string of the molecule is Cc1ccccc1CN(C)C(=O)COC(=O)CSc1ccc2c(c1)CCC2. The molecule has 0 saturated heterocycles. The second kappa shape index (κ2) is 9.09. The zero-order chi connectivity index (χ0) is 19.2. The predicted octanol–water partition coefficient (Wildman–Crippen LogP) is 3.78. The van der Waals surface area contributed by atoms with Crippen molar-refractivity contribution in [3.05, 3.63) is 64.7 Å². The summed E-state index contributed by atoms with van der Waals surface area (Å²) in [7, 11) is 1.72. The summed E-state index contributed by atoms with van der Waals surface area (Å²) in [6, 6.07) is 14.3. The number of esters is 1. The monoisotopic (exact) mass is 383 g/mol. The first-order chi connectivity index (χ1) is 13.0. The van der Waals surface area contributed by atoms with E-state index in [0.717, 1.165) is 28.9 Å². The second-order valence-electron chi connectivity index (χ2n) is 6.91. The molecule has 5 heteroatoms. The van der Waals surface area contributed by atoms with Crippen molar-refractivity contribution in [1.82, 2.24) is 4.90 Å². The van der Waals surface area contributed by atoms with E-state index in [1.807, 2.05) is 31.2 Å². The molecule has 0 spiro atoms. The van der Waals surface area contributed by atoms with Crippen LogP contribution in [-0.4, -0.2) is 36.2 Å². The van der Waals surface area contributed by atoms with Crippen molar-refractivity contribution in [3.8, 4) is 0 Å². The number of carbonyl (C=O) groups excluding carboxylic acids is 2.